The minimum Gasteiger partial charge on any atom is -0.490 e. The maximum absolute atomic E-state index is 12.8. The molecule has 0 unspecified atom stereocenters. The van der Waals surface area contributed by atoms with Crippen LogP contribution in [0.25, 0.3) is 0 Å². The van der Waals surface area contributed by atoms with Gasteiger partial charge in [-0.05, 0) is 69.2 Å². The minimum absolute atomic E-state index is 0.243. The van der Waals surface area contributed by atoms with Crippen molar-refractivity contribution in [3.63, 3.8) is 0 Å². The molecule has 9 heteroatoms. The van der Waals surface area contributed by atoms with E-state index in [4.69, 9.17) is 14.2 Å². The smallest absolute Gasteiger partial charge is 0.341 e. The largest absolute Gasteiger partial charge is 0.490 e. The van der Waals surface area contributed by atoms with Gasteiger partial charge in [0.1, 0.15) is 5.00 Å². The van der Waals surface area contributed by atoms with Crippen LogP contribution in [0.5, 0.6) is 11.5 Å². The first-order chi connectivity index (χ1) is 16.4. The normalized spacial score (nSPS) is 12.4. The van der Waals surface area contributed by atoms with Gasteiger partial charge in [0.15, 0.2) is 18.1 Å². The van der Waals surface area contributed by atoms with E-state index in [9.17, 15) is 14.4 Å². The summed E-state index contributed by atoms with van der Waals surface area (Å²) in [6.07, 6.45) is 4.30. The first-order valence-electron chi connectivity index (χ1n) is 11.7. The summed E-state index contributed by atoms with van der Waals surface area (Å²) in [7, 11) is 0. The first-order valence-corrected chi connectivity index (χ1v) is 12.5. The number of aryl methyl sites for hydroxylation is 1. The van der Waals surface area contributed by atoms with Crippen molar-refractivity contribution in [1.29, 1.82) is 0 Å². The number of rotatable bonds is 11. The summed E-state index contributed by atoms with van der Waals surface area (Å²) in [6.45, 7) is 6.33. The first kappa shape index (κ1) is 25.6. The Labute approximate surface area is 204 Å². The molecule has 2 N–H and O–H groups in total. The van der Waals surface area contributed by atoms with Crippen molar-refractivity contribution in [2.75, 3.05) is 31.7 Å². The van der Waals surface area contributed by atoms with Gasteiger partial charge in [-0.3, -0.25) is 9.59 Å². The molecule has 3 rings (SSSR count). The lowest BCUT2D eigenvalue weighted by atomic mass is 9.95. The molecular formula is C25H32N2O6S. The summed E-state index contributed by atoms with van der Waals surface area (Å²) in [5.41, 5.74) is 2.32. The van der Waals surface area contributed by atoms with Gasteiger partial charge in [-0.2, -0.15) is 0 Å². The zero-order chi connectivity index (χ0) is 24.5. The van der Waals surface area contributed by atoms with Crippen molar-refractivity contribution in [3.8, 4) is 11.5 Å². The fourth-order valence-corrected chi connectivity index (χ4v) is 5.20. The van der Waals surface area contributed by atoms with Crippen LogP contribution in [-0.4, -0.2) is 44.1 Å². The van der Waals surface area contributed by atoms with E-state index in [2.05, 4.69) is 10.6 Å². The second kappa shape index (κ2) is 12.4. The molecule has 0 atom stereocenters. The number of carbonyl (C=O) groups excluding carboxylic acids is 3. The van der Waals surface area contributed by atoms with Crippen molar-refractivity contribution in [2.24, 2.45) is 0 Å². The molecule has 1 heterocycles. The Kier molecular flexibility index (Phi) is 9.33. The Morgan fingerprint density at radius 3 is 2.50 bits per heavy atom. The molecule has 1 aliphatic carbocycles. The van der Waals surface area contributed by atoms with Gasteiger partial charge in [-0.15, -0.1) is 11.3 Å². The van der Waals surface area contributed by atoms with Crippen LogP contribution >= 0.6 is 11.3 Å². The second-order valence-corrected chi connectivity index (χ2v) is 9.02. The maximum atomic E-state index is 12.8. The molecule has 0 saturated heterocycles. The predicted molar refractivity (Wildman–Crippen MR) is 131 cm³/mol. The average molecular weight is 489 g/mol. The number of carbonyl (C=O) groups is 3. The number of thiophene rings is 1. The highest BCUT2D eigenvalue weighted by Crippen LogP contribution is 2.38. The minimum atomic E-state index is -0.578. The molecule has 34 heavy (non-hydrogen) atoms. The lowest BCUT2D eigenvalue weighted by Gasteiger charge is -2.13. The van der Waals surface area contributed by atoms with Crippen LogP contribution in [0.1, 0.15) is 60.0 Å². The Morgan fingerprint density at radius 1 is 1.03 bits per heavy atom. The third kappa shape index (κ3) is 6.72. The molecule has 0 saturated carbocycles. The molecule has 0 spiro atoms. The van der Waals surface area contributed by atoms with Crippen molar-refractivity contribution in [1.82, 2.24) is 5.32 Å². The van der Waals surface area contributed by atoms with Gasteiger partial charge in [0.2, 0.25) is 5.91 Å². The van der Waals surface area contributed by atoms with Crippen molar-refractivity contribution in [3.05, 3.63) is 39.8 Å². The van der Waals surface area contributed by atoms with Gasteiger partial charge in [0.25, 0.3) is 5.91 Å². The fraction of sp³-hybridized carbons (Fsp3) is 0.480. The highest BCUT2D eigenvalue weighted by molar-refractivity contribution is 7.17. The highest BCUT2D eigenvalue weighted by atomic mass is 32.1. The molecule has 0 aliphatic heterocycles. The number of benzene rings is 1. The van der Waals surface area contributed by atoms with E-state index >= 15 is 0 Å². The van der Waals surface area contributed by atoms with Gasteiger partial charge in [-0.1, -0.05) is 6.07 Å². The van der Waals surface area contributed by atoms with E-state index in [1.54, 1.807) is 0 Å². The molecule has 184 valence electrons. The van der Waals surface area contributed by atoms with Gasteiger partial charge in [0, 0.05) is 18.3 Å². The lowest BCUT2D eigenvalue weighted by molar-refractivity contribution is -0.124. The standard InChI is InChI=1S/C25H32N2O6S/c1-4-31-19-11-10-17(14-20(19)32-5-2)12-13-26-22(29)15-33-25(30)23-18-8-6-7-9-21(18)34-24(23)27-16(3)28/h10-11,14H,4-9,12-13,15H2,1-3H3,(H,26,29)(H,27,28). The van der Waals surface area contributed by atoms with Gasteiger partial charge in [-0.25, -0.2) is 4.79 Å². The van der Waals surface area contributed by atoms with Crippen LogP contribution in [0.15, 0.2) is 18.2 Å². The molecular weight excluding hydrogens is 456 g/mol. The third-order valence-electron chi connectivity index (χ3n) is 5.34. The van der Waals surface area contributed by atoms with Crippen LogP contribution in [0.3, 0.4) is 0 Å². The van der Waals surface area contributed by atoms with Crippen molar-refractivity contribution < 1.29 is 28.6 Å². The van der Waals surface area contributed by atoms with E-state index in [1.165, 1.54) is 18.3 Å². The summed E-state index contributed by atoms with van der Waals surface area (Å²) < 4.78 is 16.5. The number of fused-ring (bicyclic) bond motifs is 1. The van der Waals surface area contributed by atoms with Crippen LogP contribution in [-0.2, 0) is 33.6 Å². The quantitative estimate of drug-likeness (QED) is 0.465. The Bertz CT molecular complexity index is 1030. The second-order valence-electron chi connectivity index (χ2n) is 7.92. The summed E-state index contributed by atoms with van der Waals surface area (Å²) in [4.78, 5) is 37.7. The van der Waals surface area contributed by atoms with Gasteiger partial charge >= 0.3 is 5.97 Å². The Balaban J connectivity index is 1.53. The SMILES string of the molecule is CCOc1ccc(CCNC(=O)COC(=O)c2c(NC(C)=O)sc3c2CCCC3)cc1OCC. The average Bonchev–Trinajstić information content (AvgIpc) is 3.16. The molecule has 1 aliphatic rings. The van der Waals surface area contributed by atoms with E-state index in [1.807, 2.05) is 32.0 Å². The molecule has 1 aromatic heterocycles. The Hall–Kier alpha value is -3.07. The number of amides is 2. The van der Waals surface area contributed by atoms with Crippen molar-refractivity contribution >= 4 is 34.1 Å². The summed E-state index contributed by atoms with van der Waals surface area (Å²) in [6, 6.07) is 5.70. The van der Waals surface area contributed by atoms with Crippen molar-refractivity contribution in [2.45, 2.75) is 52.9 Å². The molecule has 8 nitrogen and oxygen atoms in total. The number of nitrogens with one attached hydrogen (secondary N) is 2. The monoisotopic (exact) mass is 488 g/mol. The van der Waals surface area contributed by atoms with Crippen LogP contribution in [0, 0.1) is 0 Å². The predicted octanol–water partition coefficient (Wildman–Crippen LogP) is 3.90. The van der Waals surface area contributed by atoms with E-state index in [0.717, 1.165) is 41.7 Å². The fourth-order valence-electron chi connectivity index (χ4n) is 3.88. The number of hydrogen-bond acceptors (Lipinski definition) is 7. The zero-order valence-electron chi connectivity index (χ0n) is 20.0. The molecule has 1 aromatic carbocycles. The Morgan fingerprint density at radius 2 is 1.76 bits per heavy atom. The molecule has 0 bridgehead atoms. The van der Waals surface area contributed by atoms with E-state index in [0.29, 0.717) is 48.2 Å². The van der Waals surface area contributed by atoms with E-state index in [-0.39, 0.29) is 18.4 Å². The summed E-state index contributed by atoms with van der Waals surface area (Å²) >= 11 is 1.42. The molecule has 2 amide bonds. The third-order valence-corrected chi connectivity index (χ3v) is 6.55. The zero-order valence-corrected chi connectivity index (χ0v) is 20.8. The van der Waals surface area contributed by atoms with Gasteiger partial charge < -0.3 is 24.8 Å². The van der Waals surface area contributed by atoms with Crippen LogP contribution in [0.2, 0.25) is 0 Å². The molecule has 0 fully saturated rings. The number of hydrogen-bond donors (Lipinski definition) is 2. The maximum Gasteiger partial charge on any atom is 0.341 e. The number of anilines is 1. The molecule has 0 radical (unpaired) electrons. The lowest BCUT2D eigenvalue weighted by Crippen LogP contribution is -2.30. The number of esters is 1. The summed E-state index contributed by atoms with van der Waals surface area (Å²) in [5, 5.41) is 6.02. The van der Waals surface area contributed by atoms with Gasteiger partial charge in [0.05, 0.1) is 18.8 Å². The highest BCUT2D eigenvalue weighted by Gasteiger charge is 2.27. The topological polar surface area (TPSA) is 103 Å². The van der Waals surface area contributed by atoms with Crippen LogP contribution < -0.4 is 20.1 Å². The van der Waals surface area contributed by atoms with Crippen LogP contribution in [0.4, 0.5) is 5.00 Å². The van der Waals surface area contributed by atoms with E-state index < -0.39 is 5.97 Å². The molecule has 2 aromatic rings. The summed E-state index contributed by atoms with van der Waals surface area (Å²) in [5.74, 6) is 0.169. The number of ether oxygens (including phenoxy) is 3.